The van der Waals surface area contributed by atoms with Gasteiger partial charge >= 0.3 is 6.18 Å². The summed E-state index contributed by atoms with van der Waals surface area (Å²) in [6.45, 7) is 0.530. The molecule has 5 nitrogen and oxygen atoms in total. The van der Waals surface area contributed by atoms with E-state index in [4.69, 9.17) is 9.47 Å². The van der Waals surface area contributed by atoms with Gasteiger partial charge in [0.15, 0.2) is 11.5 Å². The second kappa shape index (κ2) is 9.16. The van der Waals surface area contributed by atoms with Crippen molar-refractivity contribution in [2.45, 2.75) is 19.1 Å². The highest BCUT2D eigenvalue weighted by molar-refractivity contribution is 5.76. The summed E-state index contributed by atoms with van der Waals surface area (Å²) in [5.41, 5.74) is 0.426. The van der Waals surface area contributed by atoms with Gasteiger partial charge in [-0.05, 0) is 35.9 Å². The number of carbonyl (C=O) groups is 1. The molecule has 27 heavy (non-hydrogen) atoms. The van der Waals surface area contributed by atoms with Crippen LogP contribution in [0.5, 0.6) is 11.5 Å². The number of carbonyl (C=O) groups excluding carboxylic acids is 1. The lowest BCUT2D eigenvalue weighted by Gasteiger charge is -2.12. The van der Waals surface area contributed by atoms with Crippen molar-refractivity contribution < 1.29 is 27.4 Å². The van der Waals surface area contributed by atoms with Gasteiger partial charge in [0.05, 0.1) is 19.8 Å². The first kappa shape index (κ1) is 20.4. The van der Waals surface area contributed by atoms with Crippen LogP contribution in [0.4, 0.5) is 18.9 Å². The van der Waals surface area contributed by atoms with Crippen molar-refractivity contribution in [2.75, 3.05) is 26.1 Å². The van der Waals surface area contributed by atoms with Crippen LogP contribution in [0.2, 0.25) is 0 Å². The van der Waals surface area contributed by atoms with Crippen LogP contribution >= 0.6 is 0 Å². The van der Waals surface area contributed by atoms with Gasteiger partial charge in [0.25, 0.3) is 0 Å². The summed E-state index contributed by atoms with van der Waals surface area (Å²) in [6.07, 6.45) is -4.27. The quantitative estimate of drug-likeness (QED) is 0.728. The summed E-state index contributed by atoms with van der Waals surface area (Å²) in [7, 11) is 3.07. The van der Waals surface area contributed by atoms with E-state index in [9.17, 15) is 18.0 Å². The Balaban J connectivity index is 1.80. The molecule has 0 radical (unpaired) electrons. The Morgan fingerprint density at radius 2 is 1.78 bits per heavy atom. The van der Waals surface area contributed by atoms with Gasteiger partial charge in [0, 0.05) is 25.2 Å². The molecule has 146 valence electrons. The van der Waals surface area contributed by atoms with Gasteiger partial charge < -0.3 is 20.1 Å². The number of anilines is 1. The predicted octanol–water partition coefficient (Wildman–Crippen LogP) is 3.84. The van der Waals surface area contributed by atoms with Crippen molar-refractivity contribution in [1.29, 1.82) is 0 Å². The van der Waals surface area contributed by atoms with E-state index in [-0.39, 0.29) is 18.9 Å². The van der Waals surface area contributed by atoms with Crippen LogP contribution in [-0.4, -0.2) is 26.7 Å². The summed E-state index contributed by atoms with van der Waals surface area (Å²) in [5.74, 6) is 0.942. The highest BCUT2D eigenvalue weighted by atomic mass is 19.4. The molecule has 0 aliphatic rings. The number of hydrogen-bond acceptors (Lipinski definition) is 4. The van der Waals surface area contributed by atoms with Crippen molar-refractivity contribution in [2.24, 2.45) is 0 Å². The van der Waals surface area contributed by atoms with Gasteiger partial charge in [-0.25, -0.2) is 0 Å². The summed E-state index contributed by atoms with van der Waals surface area (Å²) in [6, 6.07) is 10.2. The van der Waals surface area contributed by atoms with Crippen molar-refractivity contribution in [1.82, 2.24) is 5.32 Å². The first-order valence-corrected chi connectivity index (χ1v) is 8.22. The van der Waals surface area contributed by atoms with E-state index in [1.54, 1.807) is 12.1 Å². The first-order valence-electron chi connectivity index (χ1n) is 8.22. The molecular weight excluding hydrogens is 361 g/mol. The number of hydrogen-bond donors (Lipinski definition) is 2. The Labute approximate surface area is 155 Å². The van der Waals surface area contributed by atoms with E-state index in [1.165, 1.54) is 26.4 Å². The molecule has 2 rings (SSSR count). The number of halogens is 3. The van der Waals surface area contributed by atoms with E-state index in [1.807, 2.05) is 6.07 Å². The van der Waals surface area contributed by atoms with Crippen molar-refractivity contribution >= 4 is 11.6 Å². The maximum Gasteiger partial charge on any atom is 0.416 e. The van der Waals surface area contributed by atoms with E-state index < -0.39 is 11.7 Å². The third kappa shape index (κ3) is 6.09. The van der Waals surface area contributed by atoms with Crippen LogP contribution < -0.4 is 20.1 Å². The third-order valence-corrected chi connectivity index (χ3v) is 3.81. The number of methoxy groups -OCH3 is 2. The maximum absolute atomic E-state index is 12.7. The second-order valence-electron chi connectivity index (χ2n) is 5.72. The topological polar surface area (TPSA) is 59.6 Å². The summed E-state index contributed by atoms with van der Waals surface area (Å²) < 4.78 is 48.4. The highest BCUT2D eigenvalue weighted by Gasteiger charge is 2.30. The minimum Gasteiger partial charge on any atom is -0.493 e. The zero-order chi connectivity index (χ0) is 19.9. The molecule has 0 spiro atoms. The number of nitrogens with one attached hydrogen (secondary N) is 2. The monoisotopic (exact) mass is 382 g/mol. The van der Waals surface area contributed by atoms with Gasteiger partial charge in [-0.3, -0.25) is 4.79 Å². The number of amides is 1. The number of ether oxygens (including phenoxy) is 2. The highest BCUT2D eigenvalue weighted by Crippen LogP contribution is 2.30. The van der Waals surface area contributed by atoms with Gasteiger partial charge in [-0.1, -0.05) is 12.1 Å². The molecule has 0 saturated carbocycles. The summed E-state index contributed by atoms with van der Waals surface area (Å²) in [5, 5.41) is 5.58. The minimum absolute atomic E-state index is 0.129. The van der Waals surface area contributed by atoms with Crippen molar-refractivity contribution in [3.63, 3.8) is 0 Å². The molecule has 0 aromatic heterocycles. The number of alkyl halides is 3. The molecule has 0 fully saturated rings. The third-order valence-electron chi connectivity index (χ3n) is 3.81. The van der Waals surface area contributed by atoms with E-state index >= 15 is 0 Å². The molecule has 8 heteroatoms. The van der Waals surface area contributed by atoms with Crippen LogP contribution in [0, 0.1) is 0 Å². The van der Waals surface area contributed by atoms with Crippen LogP contribution in [0.15, 0.2) is 42.5 Å². The van der Waals surface area contributed by atoms with Crippen LogP contribution in [0.25, 0.3) is 0 Å². The molecule has 0 heterocycles. The van der Waals surface area contributed by atoms with E-state index in [0.717, 1.165) is 17.7 Å². The molecular formula is C19H21F3N2O3. The smallest absolute Gasteiger partial charge is 0.416 e. The molecule has 0 unspecified atom stereocenters. The SMILES string of the molecule is COc1ccc(CNC(=O)CCNc2cccc(C(F)(F)F)c2)cc1OC. The fourth-order valence-corrected chi connectivity index (χ4v) is 2.41. The van der Waals surface area contributed by atoms with Gasteiger partial charge in [0.1, 0.15) is 0 Å². The molecule has 0 atom stereocenters. The molecule has 0 saturated heterocycles. The molecule has 0 aliphatic carbocycles. The molecule has 0 bridgehead atoms. The molecule has 2 aromatic carbocycles. The fourth-order valence-electron chi connectivity index (χ4n) is 2.41. The molecule has 2 aromatic rings. The lowest BCUT2D eigenvalue weighted by atomic mass is 10.2. The normalized spacial score (nSPS) is 11.0. The Bertz CT molecular complexity index is 779. The zero-order valence-corrected chi connectivity index (χ0v) is 15.0. The van der Waals surface area contributed by atoms with Crippen LogP contribution in [0.1, 0.15) is 17.5 Å². The Morgan fingerprint density at radius 1 is 1.04 bits per heavy atom. The van der Waals surface area contributed by atoms with Crippen LogP contribution in [0.3, 0.4) is 0 Å². The van der Waals surface area contributed by atoms with E-state index in [2.05, 4.69) is 10.6 Å². The summed E-state index contributed by atoms with van der Waals surface area (Å²) >= 11 is 0. The Hall–Kier alpha value is -2.90. The van der Waals surface area contributed by atoms with Gasteiger partial charge in [-0.2, -0.15) is 13.2 Å². The Morgan fingerprint density at radius 3 is 2.44 bits per heavy atom. The lowest BCUT2D eigenvalue weighted by molar-refractivity contribution is -0.137. The minimum atomic E-state index is -4.39. The number of benzene rings is 2. The average Bonchev–Trinajstić information content (AvgIpc) is 2.65. The lowest BCUT2D eigenvalue weighted by Crippen LogP contribution is -2.24. The summed E-state index contributed by atoms with van der Waals surface area (Å²) in [4.78, 5) is 11.9. The average molecular weight is 382 g/mol. The molecule has 1 amide bonds. The second-order valence-corrected chi connectivity index (χ2v) is 5.72. The Kier molecular flexibility index (Phi) is 6.92. The standard InChI is InChI=1S/C19H21F3N2O3/c1-26-16-7-6-13(10-17(16)27-2)12-24-18(25)8-9-23-15-5-3-4-14(11-15)19(20,21)22/h3-7,10-11,23H,8-9,12H2,1-2H3,(H,24,25). The number of rotatable bonds is 8. The van der Waals surface area contributed by atoms with Crippen LogP contribution in [-0.2, 0) is 17.5 Å². The largest absolute Gasteiger partial charge is 0.493 e. The zero-order valence-electron chi connectivity index (χ0n) is 15.0. The molecule has 0 aliphatic heterocycles. The fraction of sp³-hybridized carbons (Fsp3) is 0.316. The molecule has 2 N–H and O–H groups in total. The predicted molar refractivity (Wildman–Crippen MR) is 95.9 cm³/mol. The van der Waals surface area contributed by atoms with Crippen molar-refractivity contribution in [3.05, 3.63) is 53.6 Å². The van der Waals surface area contributed by atoms with E-state index in [0.29, 0.717) is 23.7 Å². The van der Waals surface area contributed by atoms with Gasteiger partial charge in [-0.15, -0.1) is 0 Å². The first-order chi connectivity index (χ1) is 12.8. The van der Waals surface area contributed by atoms with Crippen molar-refractivity contribution in [3.8, 4) is 11.5 Å². The maximum atomic E-state index is 12.7. The van der Waals surface area contributed by atoms with Gasteiger partial charge in [0.2, 0.25) is 5.91 Å².